The van der Waals surface area contributed by atoms with E-state index in [1.165, 1.54) is 0 Å². The van der Waals surface area contributed by atoms with Gasteiger partial charge in [-0.1, -0.05) is 0 Å². The predicted octanol–water partition coefficient (Wildman–Crippen LogP) is 2.38. The minimum atomic E-state index is -5.22. The maximum Gasteiger partial charge on any atom is 0.573 e. The third-order valence-electron chi connectivity index (χ3n) is 1.71. The summed E-state index contributed by atoms with van der Waals surface area (Å²) in [6, 6.07) is 0.396. The highest BCUT2D eigenvalue weighted by atomic mass is 19.4. The molecule has 0 saturated carbocycles. The number of hydrogen-bond acceptors (Lipinski definition) is 4. The molecule has 0 aliphatic rings. The van der Waals surface area contributed by atoms with Gasteiger partial charge in [-0.05, 0) is 0 Å². The molecule has 18 heavy (non-hydrogen) atoms. The van der Waals surface area contributed by atoms with Crippen LogP contribution in [-0.4, -0.2) is 24.4 Å². The van der Waals surface area contributed by atoms with E-state index < -0.39 is 42.0 Å². The number of hydrogen-bond donors (Lipinski definition) is 0. The number of ether oxygens (including phenoxy) is 2. The minimum absolute atomic E-state index is 0.396. The number of rotatable bonds is 3. The summed E-state index contributed by atoms with van der Waals surface area (Å²) in [4.78, 5) is 14.3. The Morgan fingerprint density at radius 1 is 1.44 bits per heavy atom. The Bertz CT molecular complexity index is 460. The van der Waals surface area contributed by atoms with Gasteiger partial charge in [0.2, 0.25) is 0 Å². The number of carbonyl (C=O) groups excluding carboxylic acids is 1. The monoisotopic (exact) mass is 271 g/mol. The van der Waals surface area contributed by atoms with Crippen LogP contribution in [0.4, 0.5) is 22.0 Å². The molecule has 0 bridgehead atoms. The Balaban J connectivity index is 3.33. The van der Waals surface area contributed by atoms with Crippen molar-refractivity contribution < 1.29 is 36.2 Å². The zero-order valence-corrected chi connectivity index (χ0v) is 8.85. The molecular formula is C9H6F5NO3. The molecule has 0 fully saturated rings. The van der Waals surface area contributed by atoms with E-state index in [4.69, 9.17) is 0 Å². The van der Waals surface area contributed by atoms with E-state index in [0.717, 1.165) is 7.11 Å². The molecule has 9 heteroatoms. The lowest BCUT2D eigenvalue weighted by Gasteiger charge is -2.12. The molecule has 0 aliphatic carbocycles. The number of carbonyl (C=O) groups is 1. The fourth-order valence-corrected chi connectivity index (χ4v) is 1.07. The Morgan fingerprint density at radius 2 is 2.06 bits per heavy atom. The summed E-state index contributed by atoms with van der Waals surface area (Å²) in [6.07, 6.45) is -5.22. The molecule has 0 spiro atoms. The third-order valence-corrected chi connectivity index (χ3v) is 1.71. The van der Waals surface area contributed by atoms with E-state index in [-0.39, 0.29) is 0 Å². The zero-order chi connectivity index (χ0) is 13.9. The maximum absolute atomic E-state index is 13.3. The van der Waals surface area contributed by atoms with Crippen LogP contribution in [-0.2, 0) is 11.4 Å². The SMILES string of the molecule is COC(=O)c1nc(CF)cc(F)c1OC(F)(F)F. The molecule has 1 aromatic rings. The maximum atomic E-state index is 13.3. The summed E-state index contributed by atoms with van der Waals surface area (Å²) in [5.74, 6) is -4.38. The first-order chi connectivity index (χ1) is 8.28. The predicted molar refractivity (Wildman–Crippen MR) is 47.0 cm³/mol. The highest BCUT2D eigenvalue weighted by molar-refractivity contribution is 5.90. The Hall–Kier alpha value is -1.93. The van der Waals surface area contributed by atoms with Gasteiger partial charge in [0.15, 0.2) is 17.3 Å². The average Bonchev–Trinajstić information content (AvgIpc) is 2.28. The topological polar surface area (TPSA) is 48.4 Å². The van der Waals surface area contributed by atoms with Crippen molar-refractivity contribution in [3.05, 3.63) is 23.3 Å². The summed E-state index contributed by atoms with van der Waals surface area (Å²) in [6.45, 7) is -1.26. The molecule has 0 atom stereocenters. The number of aromatic nitrogens is 1. The highest BCUT2D eigenvalue weighted by Gasteiger charge is 2.35. The van der Waals surface area contributed by atoms with Gasteiger partial charge in [0.25, 0.3) is 0 Å². The van der Waals surface area contributed by atoms with Gasteiger partial charge < -0.3 is 9.47 Å². The van der Waals surface area contributed by atoms with Gasteiger partial charge in [-0.3, -0.25) is 0 Å². The highest BCUT2D eigenvalue weighted by Crippen LogP contribution is 2.29. The molecule has 0 radical (unpaired) electrons. The van der Waals surface area contributed by atoms with Gasteiger partial charge in [0.1, 0.15) is 6.67 Å². The van der Waals surface area contributed by atoms with Crippen molar-refractivity contribution in [3.63, 3.8) is 0 Å². The van der Waals surface area contributed by atoms with Gasteiger partial charge in [-0.15, -0.1) is 13.2 Å². The van der Waals surface area contributed by atoms with Gasteiger partial charge >= 0.3 is 12.3 Å². The first-order valence-corrected chi connectivity index (χ1v) is 4.38. The van der Waals surface area contributed by atoms with Crippen LogP contribution in [0.25, 0.3) is 0 Å². The van der Waals surface area contributed by atoms with Crippen LogP contribution in [0.5, 0.6) is 5.75 Å². The third kappa shape index (κ3) is 3.28. The van der Waals surface area contributed by atoms with Gasteiger partial charge in [-0.25, -0.2) is 18.6 Å². The fraction of sp³-hybridized carbons (Fsp3) is 0.333. The minimum Gasteiger partial charge on any atom is -0.464 e. The molecule has 0 amide bonds. The second kappa shape index (κ2) is 5.15. The van der Waals surface area contributed by atoms with Crippen LogP contribution in [0, 0.1) is 5.82 Å². The van der Waals surface area contributed by atoms with E-state index in [1.807, 2.05) is 0 Å². The molecule has 1 heterocycles. The lowest BCUT2D eigenvalue weighted by Crippen LogP contribution is -2.21. The van der Waals surface area contributed by atoms with Crippen molar-refractivity contribution in [2.75, 3.05) is 7.11 Å². The Kier molecular flexibility index (Phi) is 4.04. The van der Waals surface area contributed by atoms with Gasteiger partial charge in [-0.2, -0.15) is 0 Å². The molecule has 100 valence electrons. The average molecular weight is 271 g/mol. The van der Waals surface area contributed by atoms with Crippen molar-refractivity contribution >= 4 is 5.97 Å². The van der Waals surface area contributed by atoms with E-state index in [1.54, 1.807) is 0 Å². The molecule has 0 aliphatic heterocycles. The largest absolute Gasteiger partial charge is 0.573 e. The lowest BCUT2D eigenvalue weighted by molar-refractivity contribution is -0.275. The molecule has 1 aromatic heterocycles. The van der Waals surface area contributed by atoms with E-state index in [9.17, 15) is 26.7 Å². The number of alkyl halides is 4. The number of pyridine rings is 1. The van der Waals surface area contributed by atoms with Crippen LogP contribution in [0.2, 0.25) is 0 Å². The number of nitrogens with zero attached hydrogens (tertiary/aromatic N) is 1. The number of esters is 1. The summed E-state index contributed by atoms with van der Waals surface area (Å²) in [5.41, 5.74) is -1.63. The zero-order valence-electron chi connectivity index (χ0n) is 8.85. The molecule has 1 rings (SSSR count). The van der Waals surface area contributed by atoms with Crippen molar-refractivity contribution in [2.24, 2.45) is 0 Å². The summed E-state index contributed by atoms with van der Waals surface area (Å²) in [5, 5.41) is 0. The normalized spacial score (nSPS) is 11.2. The fourth-order valence-electron chi connectivity index (χ4n) is 1.07. The Labute approximate surface area is 97.3 Å². The first-order valence-electron chi connectivity index (χ1n) is 4.38. The second-order valence-electron chi connectivity index (χ2n) is 2.95. The van der Waals surface area contributed by atoms with Crippen molar-refractivity contribution in [1.82, 2.24) is 4.98 Å². The van der Waals surface area contributed by atoms with Crippen LogP contribution in [0.3, 0.4) is 0 Å². The Morgan fingerprint density at radius 3 is 2.50 bits per heavy atom. The smallest absolute Gasteiger partial charge is 0.464 e. The van der Waals surface area contributed by atoms with E-state index in [0.29, 0.717) is 6.07 Å². The number of halogens is 5. The van der Waals surface area contributed by atoms with Crippen molar-refractivity contribution in [2.45, 2.75) is 13.0 Å². The molecule has 0 unspecified atom stereocenters. The van der Waals surface area contributed by atoms with Crippen LogP contribution in [0.1, 0.15) is 16.2 Å². The molecule has 0 aromatic carbocycles. The molecule has 0 N–H and O–H groups in total. The molecule has 0 saturated heterocycles. The van der Waals surface area contributed by atoms with Crippen LogP contribution >= 0.6 is 0 Å². The van der Waals surface area contributed by atoms with Gasteiger partial charge in [0, 0.05) is 6.07 Å². The summed E-state index contributed by atoms with van der Waals surface area (Å²) < 4.78 is 69.0. The standard InChI is InChI=1S/C9H6F5NO3/c1-17-8(16)6-7(18-9(12,13)14)5(11)2-4(3-10)15-6/h2H,3H2,1H3. The van der Waals surface area contributed by atoms with Crippen molar-refractivity contribution in [1.29, 1.82) is 0 Å². The number of methoxy groups -OCH3 is 1. The van der Waals surface area contributed by atoms with E-state index in [2.05, 4.69) is 14.5 Å². The first kappa shape index (κ1) is 14.1. The van der Waals surface area contributed by atoms with Gasteiger partial charge in [0.05, 0.1) is 12.8 Å². The van der Waals surface area contributed by atoms with Crippen molar-refractivity contribution in [3.8, 4) is 5.75 Å². The molecular weight excluding hydrogens is 265 g/mol. The summed E-state index contributed by atoms with van der Waals surface area (Å²) in [7, 11) is 0.849. The van der Waals surface area contributed by atoms with Crippen LogP contribution in [0.15, 0.2) is 6.07 Å². The van der Waals surface area contributed by atoms with Crippen LogP contribution < -0.4 is 4.74 Å². The quantitative estimate of drug-likeness (QED) is 0.625. The van der Waals surface area contributed by atoms with E-state index >= 15 is 0 Å². The second-order valence-corrected chi connectivity index (χ2v) is 2.95. The molecule has 4 nitrogen and oxygen atoms in total. The summed E-state index contributed by atoms with van der Waals surface area (Å²) >= 11 is 0. The lowest BCUT2D eigenvalue weighted by atomic mass is 10.2.